The number of rotatable bonds is 4. The molecular formula is C20H38IN3O3. The molecule has 2 saturated heterocycles. The van der Waals surface area contributed by atoms with Crippen LogP contribution < -0.4 is 5.32 Å². The van der Waals surface area contributed by atoms with E-state index in [1.165, 1.54) is 6.42 Å². The first kappa shape index (κ1) is 24.5. The fraction of sp³-hybridized carbons (Fsp3) is 0.900. The van der Waals surface area contributed by atoms with E-state index in [9.17, 15) is 4.79 Å². The van der Waals surface area contributed by atoms with Crippen LogP contribution in [0.25, 0.3) is 0 Å². The van der Waals surface area contributed by atoms with Crippen molar-refractivity contribution in [3.8, 4) is 0 Å². The summed E-state index contributed by atoms with van der Waals surface area (Å²) in [7, 11) is 1.83. The van der Waals surface area contributed by atoms with Gasteiger partial charge < -0.3 is 19.7 Å². The summed E-state index contributed by atoms with van der Waals surface area (Å²) in [6.45, 7) is 12.5. The van der Waals surface area contributed by atoms with Crippen LogP contribution in [0.3, 0.4) is 0 Å². The van der Waals surface area contributed by atoms with Crippen molar-refractivity contribution >= 4 is 35.9 Å². The zero-order valence-electron chi connectivity index (χ0n) is 17.6. The number of nitrogens with one attached hydrogen (secondary N) is 1. The smallest absolute Gasteiger partial charge is 0.309 e. The van der Waals surface area contributed by atoms with Crippen LogP contribution in [0.4, 0.5) is 0 Å². The molecule has 0 aromatic carbocycles. The molecule has 6 nitrogen and oxygen atoms in total. The Morgan fingerprint density at radius 2 is 1.93 bits per heavy atom. The lowest BCUT2D eigenvalue weighted by Crippen LogP contribution is -2.50. The van der Waals surface area contributed by atoms with Crippen molar-refractivity contribution < 1.29 is 14.3 Å². The number of likely N-dealkylation sites (tertiary alicyclic amines) is 1. The van der Waals surface area contributed by atoms with Crippen molar-refractivity contribution in [2.24, 2.45) is 22.2 Å². The van der Waals surface area contributed by atoms with Crippen molar-refractivity contribution in [2.75, 3.05) is 39.9 Å². The summed E-state index contributed by atoms with van der Waals surface area (Å²) in [5.74, 6) is 1.41. The van der Waals surface area contributed by atoms with Crippen LogP contribution in [-0.4, -0.2) is 62.8 Å². The van der Waals surface area contributed by atoms with Gasteiger partial charge in [-0.15, -0.1) is 24.0 Å². The van der Waals surface area contributed by atoms with Crippen LogP contribution in [0.5, 0.6) is 0 Å². The highest BCUT2D eigenvalue weighted by Crippen LogP contribution is 2.33. The maximum Gasteiger partial charge on any atom is 0.309 e. The van der Waals surface area contributed by atoms with Crippen LogP contribution >= 0.6 is 24.0 Å². The summed E-state index contributed by atoms with van der Waals surface area (Å²) in [5.41, 5.74) is 0.147. The van der Waals surface area contributed by atoms with Gasteiger partial charge in [-0.3, -0.25) is 9.79 Å². The molecule has 158 valence electrons. The molecular weight excluding hydrogens is 457 g/mol. The topological polar surface area (TPSA) is 63.2 Å². The average Bonchev–Trinajstić information content (AvgIpc) is 2.62. The van der Waals surface area contributed by atoms with Gasteiger partial charge in [-0.2, -0.15) is 0 Å². The Labute approximate surface area is 181 Å². The molecule has 2 aliphatic rings. The standard InChI is InChI=1S/C20H37N3O3.HI/c1-6-25-18(24)15-9-11-23(12-10-15)19(21-5)22-14-16-8-7-13-26-17(16)20(2,3)4;/h15-17H,6-14H2,1-5H3,(H,21,22);1H. The number of aliphatic imine (C=N–C) groups is 1. The molecule has 0 aromatic heterocycles. The first-order valence-electron chi connectivity index (χ1n) is 10.1. The summed E-state index contributed by atoms with van der Waals surface area (Å²) >= 11 is 0. The van der Waals surface area contributed by atoms with E-state index >= 15 is 0 Å². The third-order valence-corrected chi connectivity index (χ3v) is 5.45. The van der Waals surface area contributed by atoms with Gasteiger partial charge in [0.25, 0.3) is 0 Å². The minimum Gasteiger partial charge on any atom is -0.466 e. The van der Waals surface area contributed by atoms with Gasteiger partial charge in [0.1, 0.15) is 0 Å². The highest BCUT2D eigenvalue weighted by Gasteiger charge is 2.35. The van der Waals surface area contributed by atoms with E-state index in [-0.39, 0.29) is 47.4 Å². The number of esters is 1. The molecule has 2 rings (SSSR count). The van der Waals surface area contributed by atoms with Crippen molar-refractivity contribution in [3.63, 3.8) is 0 Å². The van der Waals surface area contributed by atoms with Gasteiger partial charge in [0, 0.05) is 39.2 Å². The SMILES string of the molecule is CCOC(=O)C1CCN(C(=NC)NCC2CCCOC2C(C)(C)C)CC1.I. The predicted octanol–water partition coefficient (Wildman–Crippen LogP) is 3.30. The van der Waals surface area contributed by atoms with Crippen molar-refractivity contribution in [1.82, 2.24) is 10.2 Å². The summed E-state index contributed by atoms with van der Waals surface area (Å²) in [4.78, 5) is 18.6. The average molecular weight is 495 g/mol. The van der Waals surface area contributed by atoms with Gasteiger partial charge in [-0.25, -0.2) is 0 Å². The van der Waals surface area contributed by atoms with Gasteiger partial charge in [0.15, 0.2) is 5.96 Å². The maximum absolute atomic E-state index is 11.9. The molecule has 2 fully saturated rings. The number of piperidine rings is 1. The zero-order chi connectivity index (χ0) is 19.2. The van der Waals surface area contributed by atoms with Gasteiger partial charge in [0.05, 0.1) is 18.6 Å². The number of hydrogen-bond acceptors (Lipinski definition) is 4. The molecule has 0 amide bonds. The molecule has 0 aromatic rings. The number of ether oxygens (including phenoxy) is 2. The van der Waals surface area contributed by atoms with Gasteiger partial charge in [0.2, 0.25) is 0 Å². The van der Waals surface area contributed by atoms with Gasteiger partial charge in [-0.05, 0) is 38.0 Å². The minimum atomic E-state index is -0.0533. The Kier molecular flexibility index (Phi) is 10.4. The molecule has 27 heavy (non-hydrogen) atoms. The highest BCUT2D eigenvalue weighted by atomic mass is 127. The van der Waals surface area contributed by atoms with Crippen LogP contribution in [0.1, 0.15) is 53.4 Å². The lowest BCUT2D eigenvalue weighted by Gasteiger charge is -2.41. The largest absolute Gasteiger partial charge is 0.466 e. The lowest BCUT2D eigenvalue weighted by molar-refractivity contribution is -0.149. The molecule has 2 atom stereocenters. The molecule has 7 heteroatoms. The molecule has 0 aliphatic carbocycles. The van der Waals surface area contributed by atoms with Crippen molar-refractivity contribution in [2.45, 2.75) is 59.5 Å². The molecule has 2 heterocycles. The number of halogens is 1. The van der Waals surface area contributed by atoms with E-state index in [2.05, 4.69) is 36.0 Å². The summed E-state index contributed by atoms with van der Waals surface area (Å²) < 4.78 is 11.2. The van der Waals surface area contributed by atoms with Crippen molar-refractivity contribution in [1.29, 1.82) is 0 Å². The molecule has 2 unspecified atom stereocenters. The van der Waals surface area contributed by atoms with Gasteiger partial charge in [-0.1, -0.05) is 20.8 Å². The van der Waals surface area contributed by atoms with E-state index in [1.807, 2.05) is 14.0 Å². The van der Waals surface area contributed by atoms with E-state index in [4.69, 9.17) is 9.47 Å². The second-order valence-corrected chi connectivity index (χ2v) is 8.50. The van der Waals surface area contributed by atoms with E-state index in [0.717, 1.165) is 51.5 Å². The van der Waals surface area contributed by atoms with Gasteiger partial charge >= 0.3 is 5.97 Å². The first-order valence-corrected chi connectivity index (χ1v) is 10.1. The minimum absolute atomic E-state index is 0. The normalized spacial score (nSPS) is 24.9. The first-order chi connectivity index (χ1) is 12.4. The van der Waals surface area contributed by atoms with E-state index < -0.39 is 0 Å². The van der Waals surface area contributed by atoms with Crippen molar-refractivity contribution in [3.05, 3.63) is 0 Å². The molecule has 0 radical (unpaired) electrons. The Morgan fingerprint density at radius 3 is 2.48 bits per heavy atom. The van der Waals surface area contributed by atoms with E-state index in [1.54, 1.807) is 0 Å². The Morgan fingerprint density at radius 1 is 1.26 bits per heavy atom. The number of guanidine groups is 1. The highest BCUT2D eigenvalue weighted by molar-refractivity contribution is 14.0. The van der Waals surface area contributed by atoms with Crippen LogP contribution in [0.2, 0.25) is 0 Å². The van der Waals surface area contributed by atoms with Crippen LogP contribution in [-0.2, 0) is 14.3 Å². The Bertz CT molecular complexity index is 485. The number of carbonyl (C=O) groups is 1. The molecule has 0 saturated carbocycles. The second-order valence-electron chi connectivity index (χ2n) is 8.50. The number of carbonyl (C=O) groups excluding carboxylic acids is 1. The summed E-state index contributed by atoms with van der Waals surface area (Å²) in [6.07, 6.45) is 4.25. The Balaban J connectivity index is 0.00000364. The third-order valence-electron chi connectivity index (χ3n) is 5.45. The third kappa shape index (κ3) is 7.07. The number of nitrogens with zero attached hydrogens (tertiary/aromatic N) is 2. The molecule has 2 aliphatic heterocycles. The summed E-state index contributed by atoms with van der Waals surface area (Å²) in [6, 6.07) is 0. The lowest BCUT2D eigenvalue weighted by atomic mass is 9.78. The number of hydrogen-bond donors (Lipinski definition) is 1. The van der Waals surface area contributed by atoms with Crippen LogP contribution in [0, 0.1) is 17.3 Å². The summed E-state index contributed by atoms with van der Waals surface area (Å²) in [5, 5.41) is 3.56. The predicted molar refractivity (Wildman–Crippen MR) is 120 cm³/mol. The fourth-order valence-electron chi connectivity index (χ4n) is 4.15. The molecule has 0 spiro atoms. The van der Waals surface area contributed by atoms with E-state index in [0.29, 0.717) is 12.5 Å². The second kappa shape index (κ2) is 11.4. The molecule has 1 N–H and O–H groups in total. The quantitative estimate of drug-likeness (QED) is 0.281. The maximum atomic E-state index is 11.9. The fourth-order valence-corrected chi connectivity index (χ4v) is 4.15. The van der Waals surface area contributed by atoms with Crippen LogP contribution in [0.15, 0.2) is 4.99 Å². The molecule has 0 bridgehead atoms. The monoisotopic (exact) mass is 495 g/mol. The Hall–Kier alpha value is -0.570. The zero-order valence-corrected chi connectivity index (χ0v) is 20.0.